The van der Waals surface area contributed by atoms with Crippen LogP contribution in [0.2, 0.25) is 0 Å². The van der Waals surface area contributed by atoms with Crippen LogP contribution in [-0.4, -0.2) is 58.8 Å². The van der Waals surface area contributed by atoms with Crippen molar-refractivity contribution in [3.05, 3.63) is 87.6 Å². The van der Waals surface area contributed by atoms with Gasteiger partial charge in [-0.3, -0.25) is 14.2 Å². The number of carbonyl (C=O) groups excluding carboxylic acids is 3. The summed E-state index contributed by atoms with van der Waals surface area (Å²) in [6.07, 6.45) is -1.11. The third-order valence-electron chi connectivity index (χ3n) is 12.4. The second-order valence-corrected chi connectivity index (χ2v) is 16.6. The minimum Gasteiger partial charge on any atom is -0.462 e. The Morgan fingerprint density at radius 1 is 1.07 bits per heavy atom. The number of urea groups is 1. The van der Waals surface area contributed by atoms with E-state index in [0.717, 1.165) is 25.0 Å². The van der Waals surface area contributed by atoms with Crippen molar-refractivity contribution < 1.29 is 41.6 Å². The van der Waals surface area contributed by atoms with Gasteiger partial charge in [-0.1, -0.05) is 39.0 Å². The number of esters is 1. The molecule has 3 aromatic rings. The molecular formula is C40H48BF3N6O7. The van der Waals surface area contributed by atoms with E-state index >= 15 is 0 Å². The van der Waals surface area contributed by atoms with E-state index in [1.54, 1.807) is 32.0 Å². The number of carbonyl (C=O) groups is 3. The number of aromatic nitrogens is 2. The van der Waals surface area contributed by atoms with Crippen molar-refractivity contribution in [3.8, 4) is 0 Å². The molecule has 3 saturated carbocycles. The molecule has 17 heteroatoms. The number of anilines is 2. The number of hydrogen-bond acceptors (Lipinski definition) is 9. The third kappa shape index (κ3) is 7.51. The van der Waals surface area contributed by atoms with Crippen LogP contribution in [0.25, 0.3) is 0 Å². The van der Waals surface area contributed by atoms with Gasteiger partial charge in [0.15, 0.2) is 0 Å². The maximum Gasteiger partial charge on any atom is 0.481 e. The van der Waals surface area contributed by atoms with Crippen LogP contribution in [0.1, 0.15) is 101 Å². The Morgan fingerprint density at radius 3 is 2.53 bits per heavy atom. The summed E-state index contributed by atoms with van der Waals surface area (Å²) in [6.45, 7) is 11.9. The van der Waals surface area contributed by atoms with E-state index in [9.17, 15) is 32.3 Å². The van der Waals surface area contributed by atoms with Gasteiger partial charge in [0.2, 0.25) is 5.91 Å². The maximum absolute atomic E-state index is 14.4. The van der Waals surface area contributed by atoms with Crippen molar-refractivity contribution in [2.24, 2.45) is 17.3 Å². The van der Waals surface area contributed by atoms with E-state index in [1.165, 1.54) is 29.0 Å². The van der Waals surface area contributed by atoms with Crippen LogP contribution >= 0.6 is 0 Å². The molecule has 8 rings (SSSR count). The molecule has 0 spiro atoms. The first-order chi connectivity index (χ1) is 26.9. The van der Waals surface area contributed by atoms with Gasteiger partial charge in [-0.2, -0.15) is 13.2 Å². The molecule has 2 aliphatic heterocycles. The molecule has 3 aliphatic carbocycles. The van der Waals surface area contributed by atoms with Gasteiger partial charge >= 0.3 is 25.3 Å². The first-order valence-electron chi connectivity index (χ1n) is 19.4. The monoisotopic (exact) mass is 792 g/mol. The fourth-order valence-electron chi connectivity index (χ4n) is 9.14. The van der Waals surface area contributed by atoms with E-state index in [0.29, 0.717) is 23.9 Å². The molecule has 4 fully saturated rings. The number of ether oxygens (including phenoxy) is 1. The molecule has 3 heterocycles. The third-order valence-corrected chi connectivity index (χ3v) is 12.4. The van der Waals surface area contributed by atoms with E-state index in [-0.39, 0.29) is 53.7 Å². The summed E-state index contributed by atoms with van der Waals surface area (Å²) >= 11 is 0. The lowest BCUT2D eigenvalue weighted by Crippen LogP contribution is -2.63. The molecule has 7 atom stereocenters. The fraction of sp³-hybridized carbons (Fsp3) is 0.525. The largest absolute Gasteiger partial charge is 0.481 e. The summed E-state index contributed by atoms with van der Waals surface area (Å²) < 4.78 is 59.6. The van der Waals surface area contributed by atoms with Crippen molar-refractivity contribution in [3.63, 3.8) is 0 Å². The Hall–Kier alpha value is -4.90. The van der Waals surface area contributed by atoms with E-state index in [4.69, 9.17) is 14.0 Å². The zero-order valence-corrected chi connectivity index (χ0v) is 32.8. The molecule has 13 nitrogen and oxygen atoms in total. The predicted molar refractivity (Wildman–Crippen MR) is 205 cm³/mol. The maximum atomic E-state index is 14.4. The summed E-state index contributed by atoms with van der Waals surface area (Å²) in [4.78, 5) is 59.0. The Balaban J connectivity index is 1.14. The smallest absolute Gasteiger partial charge is 0.462 e. The lowest BCUT2D eigenvalue weighted by Gasteiger charge is -2.63. The molecule has 57 heavy (non-hydrogen) atoms. The van der Waals surface area contributed by atoms with E-state index in [2.05, 4.69) is 47.0 Å². The quantitative estimate of drug-likeness (QED) is 0.131. The number of rotatable bonds is 11. The molecular weight excluding hydrogens is 744 g/mol. The number of alkyl halides is 3. The Kier molecular flexibility index (Phi) is 10.5. The Labute approximate surface area is 329 Å². The molecule has 1 saturated heterocycles. The lowest BCUT2D eigenvalue weighted by molar-refractivity contribution is -0.185. The van der Waals surface area contributed by atoms with Gasteiger partial charge in [0.25, 0.3) is 5.56 Å². The number of amides is 3. The number of fused-ring (bicyclic) bond motifs is 1. The number of nitrogens with zero attached hydrogens (tertiary/aromatic N) is 2. The Bertz CT molecular complexity index is 2130. The summed E-state index contributed by atoms with van der Waals surface area (Å²) in [5.41, 5.74) is -2.44. The van der Waals surface area contributed by atoms with Crippen LogP contribution in [0.3, 0.4) is 0 Å². The number of nitrogens with one attached hydrogen (secondary N) is 4. The summed E-state index contributed by atoms with van der Waals surface area (Å²) in [7, 11) is -0.721. The molecule has 304 valence electrons. The molecule has 2 aromatic carbocycles. The average Bonchev–Trinajstić information content (AvgIpc) is 3.67. The second kappa shape index (κ2) is 14.8. The lowest BCUT2D eigenvalue weighted by atomic mass is 9.45. The van der Waals surface area contributed by atoms with Crippen LogP contribution in [0.5, 0.6) is 0 Å². The standard InChI is InChI=1S/C40H48BF3N6O7/c1-7-30(41-56-31-27-17-25(37(27,3)4)18-39(31,6)57-41)48-32(51)29-19-38(5,49-36(54)47-26-14-10-12-23(16-26)34(53)55-8-2)35-46-21-28(33(52)50(29)35)45-20-22-11-9-13-24(15-22)40(42,43)44/h9-16,21,25,27,29-31,45H,7-8,17-20H2,1-6H3,(H,48,51)(H2,47,49,54)/t25?,27?,29-,30-,31+,38+,39-/m0/s1. The summed E-state index contributed by atoms with van der Waals surface area (Å²) in [6, 6.07) is 9.07. The zero-order valence-electron chi connectivity index (χ0n) is 32.8. The highest BCUT2D eigenvalue weighted by Crippen LogP contribution is 2.64. The molecule has 1 aromatic heterocycles. The first kappa shape index (κ1) is 40.3. The van der Waals surface area contributed by atoms with Crippen LogP contribution in [0, 0.1) is 17.3 Å². The van der Waals surface area contributed by atoms with Crippen molar-refractivity contribution in [1.29, 1.82) is 0 Å². The molecule has 2 unspecified atom stereocenters. The highest BCUT2D eigenvalue weighted by molar-refractivity contribution is 6.47. The zero-order chi connectivity index (χ0) is 41.1. The summed E-state index contributed by atoms with van der Waals surface area (Å²) in [5.74, 6) is -0.694. The normalized spacial score (nSPS) is 27.4. The van der Waals surface area contributed by atoms with Crippen molar-refractivity contribution in [1.82, 2.24) is 20.2 Å². The van der Waals surface area contributed by atoms with Crippen molar-refractivity contribution >= 4 is 36.4 Å². The number of halogens is 3. The van der Waals surface area contributed by atoms with Crippen LogP contribution in [0.15, 0.2) is 59.5 Å². The molecule has 2 bridgehead atoms. The first-order valence-corrected chi connectivity index (χ1v) is 19.4. The number of hydrogen-bond donors (Lipinski definition) is 4. The average molecular weight is 793 g/mol. The predicted octanol–water partition coefficient (Wildman–Crippen LogP) is 6.19. The van der Waals surface area contributed by atoms with Crippen LogP contribution in [0.4, 0.5) is 29.3 Å². The van der Waals surface area contributed by atoms with Gasteiger partial charge in [0.1, 0.15) is 17.6 Å². The SMILES string of the molecule is CCOC(=O)c1cccc(NC(=O)N[C@]2(C)C[C@@H](C(=O)N[C@@H](CC)B3O[C@@H]4C5CC(C[C@]4(C)O3)C5(C)C)n3c2ncc(NCc2cccc(C(F)(F)F)c2)c3=O)c1. The van der Waals surface area contributed by atoms with Crippen LogP contribution < -0.4 is 26.8 Å². The number of benzene rings is 2. The van der Waals surface area contributed by atoms with E-state index < -0.39 is 65.4 Å². The Morgan fingerprint density at radius 2 is 1.82 bits per heavy atom. The topological polar surface area (TPSA) is 162 Å². The van der Waals surface area contributed by atoms with Gasteiger partial charge in [-0.25, -0.2) is 14.6 Å². The molecule has 0 radical (unpaired) electrons. The van der Waals surface area contributed by atoms with Gasteiger partial charge in [0, 0.05) is 18.7 Å². The van der Waals surface area contributed by atoms with Gasteiger partial charge < -0.3 is 35.3 Å². The van der Waals surface area contributed by atoms with Gasteiger partial charge in [0.05, 0.1) is 47.1 Å². The minimum atomic E-state index is -4.55. The van der Waals surface area contributed by atoms with Gasteiger partial charge in [-0.15, -0.1) is 0 Å². The fourth-order valence-corrected chi connectivity index (χ4v) is 9.14. The summed E-state index contributed by atoms with van der Waals surface area (Å²) in [5, 5.41) is 11.6. The van der Waals surface area contributed by atoms with Crippen molar-refractivity contribution in [2.75, 3.05) is 17.2 Å². The van der Waals surface area contributed by atoms with Gasteiger partial charge in [-0.05, 0) is 93.2 Å². The highest BCUT2D eigenvalue weighted by Gasteiger charge is 2.67. The molecule has 5 aliphatic rings. The van der Waals surface area contributed by atoms with E-state index in [1.807, 2.05) is 6.92 Å². The second-order valence-electron chi connectivity index (χ2n) is 16.6. The minimum absolute atomic E-state index is 0.0495. The molecule has 3 amide bonds. The highest BCUT2D eigenvalue weighted by atomic mass is 19.4. The van der Waals surface area contributed by atoms with Crippen LogP contribution in [-0.2, 0) is 37.1 Å². The molecule has 4 N–H and O–H groups in total. The van der Waals surface area contributed by atoms with Crippen molar-refractivity contribution in [2.45, 2.75) is 109 Å².